The first-order valence-electron chi connectivity index (χ1n) is 8.98. The van der Waals surface area contributed by atoms with Gasteiger partial charge in [0, 0.05) is 16.5 Å². The van der Waals surface area contributed by atoms with Crippen LogP contribution in [-0.4, -0.2) is 34.3 Å². The zero-order chi connectivity index (χ0) is 18.8. The second-order valence-corrected chi connectivity index (χ2v) is 7.44. The normalized spacial score (nSPS) is 17.1. The third-order valence-corrected chi connectivity index (χ3v) is 5.52. The maximum absolute atomic E-state index is 12.5. The van der Waals surface area contributed by atoms with Crippen molar-refractivity contribution in [3.05, 3.63) is 59.8 Å². The number of carbonyl (C=O) groups excluding carboxylic acids is 1. The number of rotatable bonds is 2. The lowest BCUT2D eigenvalue weighted by atomic mass is 9.94. The molecule has 0 fully saturated rings. The van der Waals surface area contributed by atoms with E-state index >= 15 is 0 Å². The Balaban J connectivity index is 1.88. The number of aliphatic imine (C=N–C) groups is 1. The number of amidine groups is 1. The van der Waals surface area contributed by atoms with Crippen LogP contribution in [0.1, 0.15) is 25.1 Å². The lowest BCUT2D eigenvalue weighted by molar-refractivity contribution is -0.124. The first kappa shape index (κ1) is 16.0. The summed E-state index contributed by atoms with van der Waals surface area (Å²) in [6.07, 6.45) is 0. The maximum atomic E-state index is 12.5. The fourth-order valence-corrected chi connectivity index (χ4v) is 3.97. The topological polar surface area (TPSA) is 54.8 Å². The predicted octanol–water partition coefficient (Wildman–Crippen LogP) is 3.79. The molecule has 5 nitrogen and oxygen atoms in total. The van der Waals surface area contributed by atoms with Crippen LogP contribution in [-0.2, 0) is 11.3 Å². The lowest BCUT2D eigenvalue weighted by Gasteiger charge is -2.27. The Hall–Kier alpha value is -3.21. The summed E-state index contributed by atoms with van der Waals surface area (Å²) in [5, 5.41) is 1.00. The molecular formula is C22H19N3O2. The van der Waals surface area contributed by atoms with Gasteiger partial charge in [0.25, 0.3) is 5.91 Å². The van der Waals surface area contributed by atoms with Crippen molar-refractivity contribution >= 4 is 22.6 Å². The molecule has 0 spiro atoms. The van der Waals surface area contributed by atoms with E-state index < -0.39 is 5.54 Å². The van der Waals surface area contributed by atoms with Crippen LogP contribution in [0.5, 0.6) is 5.75 Å². The smallest absolute Gasteiger partial charge is 0.272 e. The lowest BCUT2D eigenvalue weighted by Crippen LogP contribution is -2.43. The van der Waals surface area contributed by atoms with Gasteiger partial charge in [0.2, 0.25) is 0 Å². The van der Waals surface area contributed by atoms with Crippen LogP contribution in [0.2, 0.25) is 0 Å². The maximum Gasteiger partial charge on any atom is 0.272 e. The van der Waals surface area contributed by atoms with Crippen molar-refractivity contribution in [3.63, 3.8) is 0 Å². The van der Waals surface area contributed by atoms with Crippen LogP contribution in [0.25, 0.3) is 22.0 Å². The van der Waals surface area contributed by atoms with E-state index in [1.54, 1.807) is 7.11 Å². The van der Waals surface area contributed by atoms with Gasteiger partial charge in [0.1, 0.15) is 17.1 Å². The van der Waals surface area contributed by atoms with Gasteiger partial charge < -0.3 is 9.64 Å². The summed E-state index contributed by atoms with van der Waals surface area (Å²) in [6, 6.07) is 16.1. The van der Waals surface area contributed by atoms with Crippen molar-refractivity contribution in [1.29, 1.82) is 0 Å². The quantitative estimate of drug-likeness (QED) is 0.700. The average Bonchev–Trinajstić information content (AvgIpc) is 3.14. The van der Waals surface area contributed by atoms with Gasteiger partial charge in [-0.2, -0.15) is 4.99 Å². The molecule has 2 aliphatic rings. The van der Waals surface area contributed by atoms with Crippen molar-refractivity contribution in [1.82, 2.24) is 9.88 Å². The Kier molecular flexibility index (Phi) is 3.20. The van der Waals surface area contributed by atoms with Crippen molar-refractivity contribution in [3.8, 4) is 16.9 Å². The monoisotopic (exact) mass is 357 g/mol. The van der Waals surface area contributed by atoms with Gasteiger partial charge in [0.15, 0.2) is 0 Å². The molecule has 0 bridgehead atoms. The fourth-order valence-electron chi connectivity index (χ4n) is 3.97. The molecule has 2 aliphatic heterocycles. The van der Waals surface area contributed by atoms with E-state index in [-0.39, 0.29) is 5.91 Å². The van der Waals surface area contributed by atoms with Crippen LogP contribution < -0.4 is 4.74 Å². The highest BCUT2D eigenvalue weighted by molar-refractivity contribution is 6.20. The average molecular weight is 357 g/mol. The number of carbonyl (C=O) groups is 1. The number of pyridine rings is 1. The van der Waals surface area contributed by atoms with Crippen LogP contribution in [0, 0.1) is 0 Å². The summed E-state index contributed by atoms with van der Waals surface area (Å²) in [7, 11) is 1.66. The van der Waals surface area contributed by atoms with Crippen LogP contribution in [0.4, 0.5) is 0 Å². The number of ether oxygens (including phenoxy) is 1. The molecule has 0 unspecified atom stereocenters. The third-order valence-electron chi connectivity index (χ3n) is 5.52. The minimum atomic E-state index is -0.645. The molecular weight excluding hydrogens is 338 g/mol. The fraction of sp³-hybridized carbons (Fsp3) is 0.227. The molecule has 2 aromatic carbocycles. The summed E-state index contributed by atoms with van der Waals surface area (Å²) in [5.41, 5.74) is 4.33. The molecule has 0 saturated carbocycles. The van der Waals surface area contributed by atoms with Crippen molar-refractivity contribution < 1.29 is 9.53 Å². The molecule has 0 saturated heterocycles. The number of hydrogen-bond acceptors (Lipinski definition) is 4. The zero-order valence-corrected chi connectivity index (χ0v) is 15.5. The molecule has 27 heavy (non-hydrogen) atoms. The molecule has 1 amide bonds. The van der Waals surface area contributed by atoms with E-state index in [9.17, 15) is 4.79 Å². The minimum Gasteiger partial charge on any atom is -0.497 e. The largest absolute Gasteiger partial charge is 0.497 e. The summed E-state index contributed by atoms with van der Waals surface area (Å²) in [6.45, 7) is 4.43. The van der Waals surface area contributed by atoms with Crippen LogP contribution >= 0.6 is 0 Å². The molecule has 5 heteroatoms. The van der Waals surface area contributed by atoms with Crippen LogP contribution in [0.3, 0.4) is 0 Å². The Morgan fingerprint density at radius 3 is 2.59 bits per heavy atom. The Morgan fingerprint density at radius 2 is 1.85 bits per heavy atom. The second-order valence-electron chi connectivity index (χ2n) is 7.44. The van der Waals surface area contributed by atoms with Gasteiger partial charge in [0.05, 0.1) is 24.9 Å². The van der Waals surface area contributed by atoms with Crippen molar-refractivity contribution in [2.24, 2.45) is 4.99 Å². The van der Waals surface area contributed by atoms with E-state index in [1.807, 2.05) is 50.2 Å². The standard InChI is InChI=1S/C22H19N3O2/c1-22(2)21(26)24-20-19-17(12-25(20)22)23-16-10-9-14(27-3)11-15(16)18(19)13-7-5-4-6-8-13/h4-11H,12H2,1-3H3. The second kappa shape index (κ2) is 5.39. The number of fused-ring (bicyclic) bond motifs is 4. The molecule has 1 aromatic heterocycles. The minimum absolute atomic E-state index is 0.104. The van der Waals surface area contributed by atoms with Crippen molar-refractivity contribution in [2.45, 2.75) is 25.9 Å². The first-order chi connectivity index (χ1) is 13.0. The predicted molar refractivity (Wildman–Crippen MR) is 105 cm³/mol. The van der Waals surface area contributed by atoms with Gasteiger partial charge in [-0.3, -0.25) is 9.78 Å². The molecule has 3 aromatic rings. The number of aromatic nitrogens is 1. The number of hydrogen-bond donors (Lipinski definition) is 0. The van der Waals surface area contributed by atoms with Gasteiger partial charge in [-0.15, -0.1) is 0 Å². The number of methoxy groups -OCH3 is 1. The van der Waals surface area contributed by atoms with Gasteiger partial charge in [-0.25, -0.2) is 0 Å². The molecule has 0 atom stereocenters. The van der Waals surface area contributed by atoms with Gasteiger partial charge in [-0.05, 0) is 37.6 Å². The zero-order valence-electron chi connectivity index (χ0n) is 15.5. The van der Waals surface area contributed by atoms with E-state index in [1.165, 1.54) is 0 Å². The van der Waals surface area contributed by atoms with E-state index in [4.69, 9.17) is 9.72 Å². The summed E-state index contributed by atoms with van der Waals surface area (Å²) < 4.78 is 5.45. The molecule has 0 N–H and O–H groups in total. The summed E-state index contributed by atoms with van der Waals surface area (Å²) >= 11 is 0. The molecule has 134 valence electrons. The number of benzene rings is 2. The first-order valence-corrected chi connectivity index (χ1v) is 8.98. The molecule has 3 heterocycles. The van der Waals surface area contributed by atoms with Gasteiger partial charge in [-0.1, -0.05) is 30.3 Å². The van der Waals surface area contributed by atoms with Crippen molar-refractivity contribution in [2.75, 3.05) is 7.11 Å². The van der Waals surface area contributed by atoms with Crippen LogP contribution in [0.15, 0.2) is 53.5 Å². The van der Waals surface area contributed by atoms with E-state index in [0.717, 1.165) is 44.9 Å². The van der Waals surface area contributed by atoms with E-state index in [2.05, 4.69) is 22.0 Å². The molecule has 0 aliphatic carbocycles. The Labute approximate surface area is 157 Å². The molecule has 0 radical (unpaired) electrons. The number of nitrogens with zero attached hydrogens (tertiary/aromatic N) is 3. The summed E-state index contributed by atoms with van der Waals surface area (Å²) in [4.78, 5) is 23.8. The molecule has 5 rings (SSSR count). The highest BCUT2D eigenvalue weighted by Crippen LogP contribution is 2.42. The highest BCUT2D eigenvalue weighted by Gasteiger charge is 2.48. The number of amides is 1. The Bertz CT molecular complexity index is 1130. The summed E-state index contributed by atoms with van der Waals surface area (Å²) in [5.74, 6) is 1.41. The third kappa shape index (κ3) is 2.14. The highest BCUT2D eigenvalue weighted by atomic mass is 16.5. The Morgan fingerprint density at radius 1 is 1.07 bits per heavy atom. The SMILES string of the molecule is COc1ccc2nc3c(c(-c4ccccc4)c2c1)C1=NC(=O)C(C)(C)N1C3. The van der Waals surface area contributed by atoms with Gasteiger partial charge >= 0.3 is 0 Å². The van der Waals surface area contributed by atoms with E-state index in [0.29, 0.717) is 6.54 Å².